The van der Waals surface area contributed by atoms with Crippen LogP contribution in [0.4, 0.5) is 4.39 Å². The van der Waals surface area contributed by atoms with Gasteiger partial charge in [-0.25, -0.2) is 17.8 Å². The third-order valence-corrected chi connectivity index (χ3v) is 6.23. The summed E-state index contributed by atoms with van der Waals surface area (Å²) in [6.07, 6.45) is -0.231. The van der Waals surface area contributed by atoms with Crippen molar-refractivity contribution in [1.82, 2.24) is 14.9 Å². The van der Waals surface area contributed by atoms with E-state index in [0.29, 0.717) is 23.3 Å². The quantitative estimate of drug-likeness (QED) is 0.595. The molecule has 0 aliphatic heterocycles. The van der Waals surface area contributed by atoms with Gasteiger partial charge in [0.2, 0.25) is 5.91 Å². The van der Waals surface area contributed by atoms with E-state index in [1.54, 1.807) is 31.2 Å². The summed E-state index contributed by atoms with van der Waals surface area (Å²) in [5, 5.41) is 0.455. The zero-order valence-corrected chi connectivity index (χ0v) is 16.6. The second-order valence-electron chi connectivity index (χ2n) is 6.46. The summed E-state index contributed by atoms with van der Waals surface area (Å²) in [6.45, 7) is 2.14. The smallest absolute Gasteiger partial charge is 0.258 e. The molecule has 7 nitrogen and oxygen atoms in total. The first-order valence-corrected chi connectivity index (χ1v) is 10.7. The van der Waals surface area contributed by atoms with E-state index in [1.165, 1.54) is 17.0 Å². The number of aromatic amines is 1. The predicted molar refractivity (Wildman–Crippen MR) is 107 cm³/mol. The zero-order valence-electron chi connectivity index (χ0n) is 15.8. The highest BCUT2D eigenvalue weighted by Crippen LogP contribution is 2.14. The number of fused-ring (bicyclic) bond motifs is 1. The highest BCUT2D eigenvalue weighted by atomic mass is 32.2. The van der Waals surface area contributed by atoms with Crippen molar-refractivity contribution in [2.24, 2.45) is 0 Å². The molecule has 0 atom stereocenters. The number of sulfone groups is 1. The summed E-state index contributed by atoms with van der Waals surface area (Å²) in [5.74, 6) is -0.983. The van der Waals surface area contributed by atoms with Gasteiger partial charge in [-0.15, -0.1) is 0 Å². The van der Waals surface area contributed by atoms with Gasteiger partial charge in [-0.2, -0.15) is 0 Å². The molecule has 1 N–H and O–H groups in total. The fourth-order valence-corrected chi connectivity index (χ4v) is 4.14. The van der Waals surface area contributed by atoms with Gasteiger partial charge in [0.15, 0.2) is 9.84 Å². The first kappa shape index (κ1) is 20.7. The Morgan fingerprint density at radius 1 is 1.14 bits per heavy atom. The summed E-state index contributed by atoms with van der Waals surface area (Å²) < 4.78 is 37.7. The van der Waals surface area contributed by atoms with Gasteiger partial charge >= 0.3 is 0 Å². The molecule has 0 unspecified atom stereocenters. The number of nitrogens with one attached hydrogen (secondary N) is 1. The van der Waals surface area contributed by atoms with Crippen molar-refractivity contribution in [2.45, 2.75) is 24.8 Å². The number of carbonyl (C=O) groups excluding carboxylic acids is 1. The lowest BCUT2D eigenvalue weighted by molar-refractivity contribution is -0.131. The first-order chi connectivity index (χ1) is 13.8. The molecule has 3 rings (SSSR count). The lowest BCUT2D eigenvalue weighted by atomic mass is 10.2. The lowest BCUT2D eigenvalue weighted by Crippen LogP contribution is -2.33. The first-order valence-electron chi connectivity index (χ1n) is 9.04. The maximum atomic E-state index is 13.0. The van der Waals surface area contributed by atoms with E-state index in [0.717, 1.165) is 12.1 Å². The maximum absolute atomic E-state index is 13.0. The minimum absolute atomic E-state index is 0.0322. The number of benzene rings is 2. The molecule has 9 heteroatoms. The fourth-order valence-electron chi connectivity index (χ4n) is 2.91. The summed E-state index contributed by atoms with van der Waals surface area (Å²) in [6, 6.07) is 11.4. The molecule has 0 saturated carbocycles. The minimum Gasteiger partial charge on any atom is -0.335 e. The molecule has 0 spiro atoms. The number of hydrogen-bond donors (Lipinski definition) is 1. The third kappa shape index (κ3) is 4.86. The summed E-state index contributed by atoms with van der Waals surface area (Å²) in [5.41, 5.74) is 0.224. The van der Waals surface area contributed by atoms with Crippen molar-refractivity contribution < 1.29 is 17.6 Å². The van der Waals surface area contributed by atoms with E-state index in [4.69, 9.17) is 0 Å². The highest BCUT2D eigenvalue weighted by Gasteiger charge is 2.20. The van der Waals surface area contributed by atoms with Gasteiger partial charge in [-0.3, -0.25) is 9.59 Å². The average molecular weight is 417 g/mol. The van der Waals surface area contributed by atoms with E-state index < -0.39 is 21.4 Å². The second-order valence-corrected chi connectivity index (χ2v) is 8.57. The van der Waals surface area contributed by atoms with Crippen LogP contribution in [0.15, 0.2) is 58.2 Å². The van der Waals surface area contributed by atoms with E-state index in [-0.39, 0.29) is 29.3 Å². The van der Waals surface area contributed by atoms with Crippen molar-refractivity contribution in [2.75, 3.05) is 12.3 Å². The highest BCUT2D eigenvalue weighted by molar-refractivity contribution is 7.91. The van der Waals surface area contributed by atoms with Crippen LogP contribution in [0.1, 0.15) is 19.2 Å². The molecule has 1 amide bonds. The number of para-hydroxylation sites is 1. The number of aromatic nitrogens is 2. The predicted octanol–water partition coefficient (Wildman–Crippen LogP) is 2.27. The number of carbonyl (C=O) groups is 1. The molecule has 0 radical (unpaired) electrons. The molecule has 3 aromatic rings. The van der Waals surface area contributed by atoms with E-state index in [9.17, 15) is 22.4 Å². The molecule has 1 heterocycles. The van der Waals surface area contributed by atoms with Crippen LogP contribution in [0.2, 0.25) is 0 Å². The SMILES string of the molecule is CCN(Cc1nc2ccccc2c(=O)[nH]1)C(=O)CCS(=O)(=O)c1ccc(F)cc1. The van der Waals surface area contributed by atoms with Crippen molar-refractivity contribution in [3.05, 3.63) is 70.5 Å². The topological polar surface area (TPSA) is 100 Å². The normalized spacial score (nSPS) is 11.5. The molecule has 0 fully saturated rings. The van der Waals surface area contributed by atoms with Crippen molar-refractivity contribution in [3.63, 3.8) is 0 Å². The van der Waals surface area contributed by atoms with E-state index in [1.807, 2.05) is 0 Å². The number of halogens is 1. The van der Waals surface area contributed by atoms with Crippen LogP contribution in [0, 0.1) is 5.82 Å². The van der Waals surface area contributed by atoms with Crippen LogP contribution < -0.4 is 5.56 Å². The third-order valence-electron chi connectivity index (χ3n) is 4.49. The molecule has 2 aromatic carbocycles. The van der Waals surface area contributed by atoms with Gasteiger partial charge < -0.3 is 9.88 Å². The minimum atomic E-state index is -3.71. The maximum Gasteiger partial charge on any atom is 0.258 e. The number of amides is 1. The Bertz CT molecular complexity index is 1190. The summed E-state index contributed by atoms with van der Waals surface area (Å²) in [4.78, 5) is 33.1. The number of hydrogen-bond acceptors (Lipinski definition) is 5. The monoisotopic (exact) mass is 417 g/mol. The number of H-pyrrole nitrogens is 1. The largest absolute Gasteiger partial charge is 0.335 e. The molecular formula is C20H20FN3O4S. The van der Waals surface area contributed by atoms with Crippen LogP contribution in [-0.4, -0.2) is 41.5 Å². The Labute approximate surface area is 167 Å². The second kappa shape index (κ2) is 8.52. The van der Waals surface area contributed by atoms with Gasteiger partial charge in [0, 0.05) is 13.0 Å². The van der Waals surface area contributed by atoms with Crippen molar-refractivity contribution >= 4 is 26.6 Å². The fraction of sp³-hybridized carbons (Fsp3) is 0.250. The zero-order chi connectivity index (χ0) is 21.0. The summed E-state index contributed by atoms with van der Waals surface area (Å²) >= 11 is 0. The average Bonchev–Trinajstić information content (AvgIpc) is 2.70. The Balaban J connectivity index is 1.71. The Morgan fingerprint density at radius 3 is 2.52 bits per heavy atom. The molecule has 152 valence electrons. The standard InChI is InChI=1S/C20H20FN3O4S/c1-2-24(13-18-22-17-6-4-3-5-16(17)20(26)23-18)19(25)11-12-29(27,28)15-9-7-14(21)8-10-15/h3-10H,2,11-13H2,1H3,(H,22,23,26). The molecule has 0 saturated heterocycles. The van der Waals surface area contributed by atoms with Crippen LogP contribution in [-0.2, 0) is 21.2 Å². The van der Waals surface area contributed by atoms with Crippen LogP contribution in [0.5, 0.6) is 0 Å². The Morgan fingerprint density at radius 2 is 1.83 bits per heavy atom. The van der Waals surface area contributed by atoms with Crippen LogP contribution in [0.3, 0.4) is 0 Å². The van der Waals surface area contributed by atoms with Crippen LogP contribution >= 0.6 is 0 Å². The van der Waals surface area contributed by atoms with Crippen LogP contribution in [0.25, 0.3) is 10.9 Å². The molecule has 29 heavy (non-hydrogen) atoms. The number of rotatable bonds is 7. The lowest BCUT2D eigenvalue weighted by Gasteiger charge is -2.20. The Hall–Kier alpha value is -3.07. The molecule has 1 aromatic heterocycles. The van der Waals surface area contributed by atoms with Gasteiger partial charge in [-0.05, 0) is 43.3 Å². The molecular weight excluding hydrogens is 397 g/mol. The van der Waals surface area contributed by atoms with Crippen molar-refractivity contribution in [1.29, 1.82) is 0 Å². The van der Waals surface area contributed by atoms with Gasteiger partial charge in [0.1, 0.15) is 11.6 Å². The molecule has 0 bridgehead atoms. The van der Waals surface area contributed by atoms with E-state index in [2.05, 4.69) is 9.97 Å². The van der Waals surface area contributed by atoms with E-state index >= 15 is 0 Å². The van der Waals surface area contributed by atoms with Gasteiger partial charge in [0.25, 0.3) is 5.56 Å². The Kier molecular flexibility index (Phi) is 6.07. The number of nitrogens with zero attached hydrogens (tertiary/aromatic N) is 2. The molecule has 0 aliphatic rings. The summed E-state index contributed by atoms with van der Waals surface area (Å²) in [7, 11) is -3.71. The van der Waals surface area contributed by atoms with Crippen molar-refractivity contribution in [3.8, 4) is 0 Å². The molecule has 0 aliphatic carbocycles. The van der Waals surface area contributed by atoms with Gasteiger partial charge in [-0.1, -0.05) is 12.1 Å². The van der Waals surface area contributed by atoms with Gasteiger partial charge in [0.05, 0.1) is 28.1 Å².